The fourth-order valence-corrected chi connectivity index (χ4v) is 3.64. The minimum Gasteiger partial charge on any atom is -0.457 e. The van der Waals surface area contributed by atoms with E-state index in [9.17, 15) is 0 Å². The third-order valence-electron chi connectivity index (χ3n) is 5.02. The molecule has 0 fully saturated rings. The molecule has 0 spiro atoms. The molecule has 30 heavy (non-hydrogen) atoms. The van der Waals surface area contributed by atoms with E-state index in [0.29, 0.717) is 5.02 Å². The Balaban J connectivity index is 1.71. The Morgan fingerprint density at radius 3 is 2.33 bits per heavy atom. The van der Waals surface area contributed by atoms with Crippen LogP contribution in [0.25, 0.3) is 16.9 Å². The molecule has 0 aliphatic rings. The fourth-order valence-electron chi connectivity index (χ4n) is 3.46. The molecule has 1 atom stereocenters. The highest BCUT2D eigenvalue weighted by atomic mass is 35.5. The van der Waals surface area contributed by atoms with Crippen molar-refractivity contribution in [2.24, 2.45) is 0 Å². The number of nitrogens with zero attached hydrogens (tertiary/aromatic N) is 2. The van der Waals surface area contributed by atoms with Crippen molar-refractivity contribution >= 4 is 11.6 Å². The molecule has 0 saturated carbocycles. The number of para-hydroxylation sites is 1. The van der Waals surface area contributed by atoms with Crippen molar-refractivity contribution in [1.82, 2.24) is 15.1 Å². The van der Waals surface area contributed by atoms with E-state index in [4.69, 9.17) is 21.4 Å². The summed E-state index contributed by atoms with van der Waals surface area (Å²) in [6, 6.07) is 27.9. The molecule has 0 amide bonds. The molecule has 0 saturated heterocycles. The fraction of sp³-hybridized carbons (Fsp3) is 0.160. The summed E-state index contributed by atoms with van der Waals surface area (Å²) in [5.74, 6) is 1.61. The van der Waals surface area contributed by atoms with Crippen molar-refractivity contribution in [3.05, 3.63) is 95.6 Å². The quantitative estimate of drug-likeness (QED) is 0.365. The smallest absolute Gasteiger partial charge is 0.127 e. The van der Waals surface area contributed by atoms with Gasteiger partial charge in [0, 0.05) is 10.6 Å². The van der Waals surface area contributed by atoms with Gasteiger partial charge in [-0.2, -0.15) is 5.10 Å². The van der Waals surface area contributed by atoms with Crippen LogP contribution < -0.4 is 10.1 Å². The van der Waals surface area contributed by atoms with Gasteiger partial charge in [-0.3, -0.25) is 0 Å². The Morgan fingerprint density at radius 2 is 1.67 bits per heavy atom. The zero-order chi connectivity index (χ0) is 20.9. The molecule has 1 N–H and O–H groups in total. The average molecular weight is 418 g/mol. The van der Waals surface area contributed by atoms with Gasteiger partial charge in [0.1, 0.15) is 11.5 Å². The molecule has 3 aromatic carbocycles. The summed E-state index contributed by atoms with van der Waals surface area (Å²) < 4.78 is 7.88. The standard InChI is InChI=1S/C25H24ClN3O/c1-3-23(27-2)24-17-25(29(28-24)20-9-7-8-19(26)16-20)18-12-14-22(15-13-18)30-21-10-5-4-6-11-21/h4-17,23,27H,3H2,1-2H3. The van der Waals surface area contributed by atoms with Gasteiger partial charge >= 0.3 is 0 Å². The average Bonchev–Trinajstić information content (AvgIpc) is 3.21. The van der Waals surface area contributed by atoms with Crippen LogP contribution in [0.4, 0.5) is 0 Å². The molecular formula is C25H24ClN3O. The van der Waals surface area contributed by atoms with Gasteiger partial charge in [-0.05, 0) is 74.1 Å². The largest absolute Gasteiger partial charge is 0.457 e. The van der Waals surface area contributed by atoms with Gasteiger partial charge in [-0.25, -0.2) is 4.68 Å². The minimum absolute atomic E-state index is 0.185. The number of rotatable bonds is 7. The van der Waals surface area contributed by atoms with Crippen LogP contribution in [-0.2, 0) is 0 Å². The van der Waals surface area contributed by atoms with Crippen molar-refractivity contribution in [2.75, 3.05) is 7.05 Å². The van der Waals surface area contributed by atoms with Crippen molar-refractivity contribution in [3.63, 3.8) is 0 Å². The Labute approximate surface area is 182 Å². The summed E-state index contributed by atoms with van der Waals surface area (Å²) >= 11 is 6.24. The molecule has 0 aliphatic carbocycles. The van der Waals surface area contributed by atoms with E-state index >= 15 is 0 Å². The van der Waals surface area contributed by atoms with Gasteiger partial charge in [-0.15, -0.1) is 0 Å². The van der Waals surface area contributed by atoms with Crippen LogP contribution in [0.2, 0.25) is 5.02 Å². The third kappa shape index (κ3) is 4.40. The van der Waals surface area contributed by atoms with Gasteiger partial charge in [0.05, 0.1) is 23.1 Å². The number of hydrogen-bond donors (Lipinski definition) is 1. The molecule has 1 aromatic heterocycles. The monoisotopic (exact) mass is 417 g/mol. The predicted molar refractivity (Wildman–Crippen MR) is 123 cm³/mol. The zero-order valence-electron chi connectivity index (χ0n) is 17.0. The van der Waals surface area contributed by atoms with E-state index in [1.807, 2.05) is 78.5 Å². The zero-order valence-corrected chi connectivity index (χ0v) is 17.8. The molecule has 0 aliphatic heterocycles. The number of ether oxygens (including phenoxy) is 1. The Kier molecular flexibility index (Phi) is 6.17. The van der Waals surface area contributed by atoms with Crippen molar-refractivity contribution in [2.45, 2.75) is 19.4 Å². The van der Waals surface area contributed by atoms with Gasteiger partial charge in [-0.1, -0.05) is 42.8 Å². The maximum atomic E-state index is 6.24. The van der Waals surface area contributed by atoms with E-state index in [1.165, 1.54) is 0 Å². The van der Waals surface area contributed by atoms with Gasteiger partial charge < -0.3 is 10.1 Å². The molecule has 0 radical (unpaired) electrons. The first-order chi connectivity index (χ1) is 14.7. The summed E-state index contributed by atoms with van der Waals surface area (Å²) in [6.07, 6.45) is 0.951. The lowest BCUT2D eigenvalue weighted by Gasteiger charge is -2.10. The van der Waals surface area contributed by atoms with Crippen LogP contribution in [0, 0.1) is 0 Å². The second kappa shape index (κ2) is 9.16. The van der Waals surface area contributed by atoms with Gasteiger partial charge in [0.25, 0.3) is 0 Å². The first-order valence-electron chi connectivity index (χ1n) is 10.0. The summed E-state index contributed by atoms with van der Waals surface area (Å²) in [4.78, 5) is 0. The highest BCUT2D eigenvalue weighted by Gasteiger charge is 2.17. The van der Waals surface area contributed by atoms with Crippen LogP contribution >= 0.6 is 11.6 Å². The maximum absolute atomic E-state index is 6.24. The van der Waals surface area contributed by atoms with E-state index in [2.05, 4.69) is 30.4 Å². The van der Waals surface area contributed by atoms with Crippen molar-refractivity contribution in [3.8, 4) is 28.4 Å². The molecular weight excluding hydrogens is 394 g/mol. The topological polar surface area (TPSA) is 39.1 Å². The lowest BCUT2D eigenvalue weighted by atomic mass is 10.1. The van der Waals surface area contributed by atoms with E-state index < -0.39 is 0 Å². The Hall–Kier alpha value is -3.08. The molecule has 1 unspecified atom stereocenters. The number of halogens is 1. The minimum atomic E-state index is 0.185. The summed E-state index contributed by atoms with van der Waals surface area (Å²) in [5.41, 5.74) is 3.99. The maximum Gasteiger partial charge on any atom is 0.127 e. The lowest BCUT2D eigenvalue weighted by molar-refractivity contribution is 0.483. The second-order valence-corrected chi connectivity index (χ2v) is 7.47. The van der Waals surface area contributed by atoms with Crippen molar-refractivity contribution < 1.29 is 4.74 Å². The molecule has 4 aromatic rings. The molecule has 4 nitrogen and oxygen atoms in total. The van der Waals surface area contributed by atoms with Gasteiger partial charge in [0.15, 0.2) is 0 Å². The summed E-state index contributed by atoms with van der Waals surface area (Å²) in [5, 5.41) is 8.91. The van der Waals surface area contributed by atoms with Crippen LogP contribution in [0.15, 0.2) is 84.9 Å². The predicted octanol–water partition coefficient (Wildman–Crippen LogP) is 6.66. The van der Waals surface area contributed by atoms with E-state index in [0.717, 1.165) is 40.6 Å². The number of nitrogens with one attached hydrogen (secondary N) is 1. The second-order valence-electron chi connectivity index (χ2n) is 7.04. The number of benzene rings is 3. The van der Waals surface area contributed by atoms with E-state index in [1.54, 1.807) is 0 Å². The normalized spacial score (nSPS) is 12.0. The highest BCUT2D eigenvalue weighted by molar-refractivity contribution is 6.30. The Bertz CT molecular complexity index is 1100. The Morgan fingerprint density at radius 1 is 0.933 bits per heavy atom. The number of hydrogen-bond acceptors (Lipinski definition) is 3. The molecule has 0 bridgehead atoms. The van der Waals surface area contributed by atoms with Crippen LogP contribution in [0.1, 0.15) is 25.1 Å². The SMILES string of the molecule is CCC(NC)c1cc(-c2ccc(Oc3ccccc3)cc2)n(-c2cccc(Cl)c2)n1. The molecule has 152 valence electrons. The summed E-state index contributed by atoms with van der Waals surface area (Å²) in [7, 11) is 1.96. The van der Waals surface area contributed by atoms with Crippen LogP contribution in [0.5, 0.6) is 11.5 Å². The van der Waals surface area contributed by atoms with Crippen LogP contribution in [-0.4, -0.2) is 16.8 Å². The highest BCUT2D eigenvalue weighted by Crippen LogP contribution is 2.30. The lowest BCUT2D eigenvalue weighted by Crippen LogP contribution is -2.16. The first-order valence-corrected chi connectivity index (χ1v) is 10.4. The number of aromatic nitrogens is 2. The molecule has 5 heteroatoms. The van der Waals surface area contributed by atoms with Crippen LogP contribution in [0.3, 0.4) is 0 Å². The molecule has 4 rings (SSSR count). The first kappa shape index (κ1) is 20.2. The van der Waals surface area contributed by atoms with Gasteiger partial charge in [0.2, 0.25) is 0 Å². The third-order valence-corrected chi connectivity index (χ3v) is 5.26. The summed E-state index contributed by atoms with van der Waals surface area (Å²) in [6.45, 7) is 2.15. The molecule has 1 heterocycles. The van der Waals surface area contributed by atoms with Crippen molar-refractivity contribution in [1.29, 1.82) is 0 Å². The van der Waals surface area contributed by atoms with E-state index in [-0.39, 0.29) is 6.04 Å².